The fourth-order valence-corrected chi connectivity index (χ4v) is 1.97. The van der Waals surface area contributed by atoms with Crippen molar-refractivity contribution in [2.24, 2.45) is 5.73 Å². The van der Waals surface area contributed by atoms with Crippen molar-refractivity contribution in [2.45, 2.75) is 13.1 Å². The number of aryl methyl sites for hydroxylation is 1. The number of carbonyl (C=O) groups is 1. The first kappa shape index (κ1) is 14.1. The number of amides is 1. The molecule has 0 saturated carbocycles. The summed E-state index contributed by atoms with van der Waals surface area (Å²) in [6.45, 7) is 1.73. The minimum Gasteiger partial charge on any atom is -0.366 e. The van der Waals surface area contributed by atoms with Gasteiger partial charge in [-0.1, -0.05) is 24.3 Å². The van der Waals surface area contributed by atoms with Gasteiger partial charge in [0.25, 0.3) is 0 Å². The zero-order valence-corrected chi connectivity index (χ0v) is 10.7. The van der Waals surface area contributed by atoms with E-state index < -0.39 is 17.6 Å². The van der Waals surface area contributed by atoms with Gasteiger partial charge in [0.1, 0.15) is 0 Å². The van der Waals surface area contributed by atoms with Gasteiger partial charge in [-0.25, -0.2) is 0 Å². The normalized spacial score (nSPS) is 11.4. The van der Waals surface area contributed by atoms with E-state index in [2.05, 4.69) is 0 Å². The zero-order chi connectivity index (χ0) is 14.9. The van der Waals surface area contributed by atoms with E-state index >= 15 is 0 Å². The first-order chi connectivity index (χ1) is 9.29. The number of primary amides is 1. The molecule has 0 aromatic heterocycles. The summed E-state index contributed by atoms with van der Waals surface area (Å²) in [5.74, 6) is -0.526. The lowest BCUT2D eigenvalue weighted by molar-refractivity contribution is -0.137. The van der Waals surface area contributed by atoms with Crippen molar-refractivity contribution >= 4 is 5.91 Å². The van der Waals surface area contributed by atoms with Crippen LogP contribution in [0.25, 0.3) is 11.1 Å². The number of hydrogen-bond donors (Lipinski definition) is 1. The molecule has 104 valence electrons. The van der Waals surface area contributed by atoms with Crippen LogP contribution in [-0.2, 0) is 6.18 Å². The molecule has 0 bridgehead atoms. The first-order valence-electron chi connectivity index (χ1n) is 5.87. The molecule has 0 fully saturated rings. The van der Waals surface area contributed by atoms with Crippen LogP contribution >= 0.6 is 0 Å². The molecule has 0 saturated heterocycles. The van der Waals surface area contributed by atoms with Crippen LogP contribution in [0.3, 0.4) is 0 Å². The van der Waals surface area contributed by atoms with Crippen molar-refractivity contribution < 1.29 is 18.0 Å². The highest BCUT2D eigenvalue weighted by atomic mass is 19.4. The minimum absolute atomic E-state index is 0.403. The average molecular weight is 279 g/mol. The highest BCUT2D eigenvalue weighted by molar-refractivity contribution is 5.94. The Balaban J connectivity index is 2.37. The second-order valence-electron chi connectivity index (χ2n) is 4.47. The van der Waals surface area contributed by atoms with Crippen LogP contribution in [0.4, 0.5) is 13.2 Å². The molecule has 0 spiro atoms. The summed E-state index contributed by atoms with van der Waals surface area (Å²) < 4.78 is 37.4. The van der Waals surface area contributed by atoms with Gasteiger partial charge >= 0.3 is 6.18 Å². The van der Waals surface area contributed by atoms with Gasteiger partial charge in [0.15, 0.2) is 0 Å². The molecule has 2 nitrogen and oxygen atoms in total. The Kier molecular flexibility index (Phi) is 3.53. The molecule has 0 heterocycles. The molecule has 0 unspecified atom stereocenters. The van der Waals surface area contributed by atoms with Crippen LogP contribution in [0.1, 0.15) is 21.5 Å². The standard InChI is InChI=1S/C15H12F3NO/c1-9-8-11(4-7-13(9)14(19)20)10-2-5-12(6-3-10)15(16,17)18/h2-8H,1H3,(H2,19,20). The van der Waals surface area contributed by atoms with Crippen LogP contribution in [0.5, 0.6) is 0 Å². The summed E-state index contributed by atoms with van der Waals surface area (Å²) in [4.78, 5) is 11.1. The predicted octanol–water partition coefficient (Wildman–Crippen LogP) is 3.78. The van der Waals surface area contributed by atoms with Crippen LogP contribution in [0, 0.1) is 6.92 Å². The van der Waals surface area contributed by atoms with Gasteiger partial charge in [-0.2, -0.15) is 13.2 Å². The van der Waals surface area contributed by atoms with E-state index in [4.69, 9.17) is 5.73 Å². The Morgan fingerprint density at radius 3 is 2.00 bits per heavy atom. The lowest BCUT2D eigenvalue weighted by Gasteiger charge is -2.09. The maximum atomic E-state index is 12.5. The van der Waals surface area contributed by atoms with Crippen molar-refractivity contribution in [3.63, 3.8) is 0 Å². The summed E-state index contributed by atoms with van der Waals surface area (Å²) in [5, 5.41) is 0. The Morgan fingerprint density at radius 2 is 1.55 bits per heavy atom. The first-order valence-corrected chi connectivity index (χ1v) is 5.87. The third-order valence-electron chi connectivity index (χ3n) is 3.04. The van der Waals surface area contributed by atoms with Gasteiger partial charge in [0.05, 0.1) is 5.56 Å². The Labute approximate surface area is 114 Å². The second kappa shape index (κ2) is 5.00. The van der Waals surface area contributed by atoms with E-state index in [0.717, 1.165) is 17.7 Å². The summed E-state index contributed by atoms with van der Waals surface area (Å²) in [6.07, 6.45) is -4.34. The Bertz CT molecular complexity index is 645. The minimum atomic E-state index is -4.34. The van der Waals surface area contributed by atoms with E-state index in [1.807, 2.05) is 0 Å². The maximum Gasteiger partial charge on any atom is 0.416 e. The van der Waals surface area contributed by atoms with Crippen molar-refractivity contribution in [1.82, 2.24) is 0 Å². The number of rotatable bonds is 2. The number of alkyl halides is 3. The van der Waals surface area contributed by atoms with Gasteiger partial charge in [-0.15, -0.1) is 0 Å². The molecule has 2 aromatic rings. The van der Waals surface area contributed by atoms with E-state index in [1.54, 1.807) is 25.1 Å². The molecule has 2 N–H and O–H groups in total. The van der Waals surface area contributed by atoms with Crippen molar-refractivity contribution in [2.75, 3.05) is 0 Å². The summed E-state index contributed by atoms with van der Waals surface area (Å²) in [6, 6.07) is 9.84. The third kappa shape index (κ3) is 2.82. The van der Waals surface area contributed by atoms with Gasteiger partial charge in [-0.05, 0) is 41.8 Å². The topological polar surface area (TPSA) is 43.1 Å². The van der Waals surface area contributed by atoms with E-state index in [9.17, 15) is 18.0 Å². The number of carbonyl (C=O) groups excluding carboxylic acids is 1. The SMILES string of the molecule is Cc1cc(-c2ccc(C(F)(F)F)cc2)ccc1C(N)=O. The van der Waals surface area contributed by atoms with Crippen LogP contribution in [0.2, 0.25) is 0 Å². The summed E-state index contributed by atoms with van der Waals surface area (Å²) in [7, 11) is 0. The number of halogens is 3. The average Bonchev–Trinajstić information content (AvgIpc) is 2.37. The van der Waals surface area contributed by atoms with E-state index in [-0.39, 0.29) is 0 Å². The largest absolute Gasteiger partial charge is 0.416 e. The van der Waals surface area contributed by atoms with Gasteiger partial charge < -0.3 is 5.73 Å². The molecular formula is C15H12F3NO. The van der Waals surface area contributed by atoms with Crippen LogP contribution in [0.15, 0.2) is 42.5 Å². The lowest BCUT2D eigenvalue weighted by Crippen LogP contribution is -2.12. The predicted molar refractivity (Wildman–Crippen MR) is 70.1 cm³/mol. The summed E-state index contributed by atoms with van der Waals surface area (Å²) in [5.41, 5.74) is 7.00. The Morgan fingerprint density at radius 1 is 1.00 bits per heavy atom. The van der Waals surface area contributed by atoms with E-state index in [0.29, 0.717) is 16.7 Å². The molecule has 1 amide bonds. The molecule has 0 aliphatic carbocycles. The van der Waals surface area contributed by atoms with E-state index in [1.165, 1.54) is 12.1 Å². The highest BCUT2D eigenvalue weighted by Crippen LogP contribution is 2.31. The van der Waals surface area contributed by atoms with Crippen LogP contribution in [-0.4, -0.2) is 5.91 Å². The maximum absolute atomic E-state index is 12.5. The number of benzene rings is 2. The van der Waals surface area contributed by atoms with Crippen LogP contribution < -0.4 is 5.73 Å². The molecule has 5 heteroatoms. The molecule has 2 aromatic carbocycles. The fraction of sp³-hybridized carbons (Fsp3) is 0.133. The van der Waals surface area contributed by atoms with Gasteiger partial charge in [0, 0.05) is 5.56 Å². The van der Waals surface area contributed by atoms with Crippen molar-refractivity contribution in [3.05, 3.63) is 59.2 Å². The summed E-state index contributed by atoms with van der Waals surface area (Å²) >= 11 is 0. The smallest absolute Gasteiger partial charge is 0.366 e. The van der Waals surface area contributed by atoms with Gasteiger partial charge in [0.2, 0.25) is 5.91 Å². The molecule has 20 heavy (non-hydrogen) atoms. The fourth-order valence-electron chi connectivity index (χ4n) is 1.97. The molecule has 2 rings (SSSR count). The second-order valence-corrected chi connectivity index (χ2v) is 4.47. The van der Waals surface area contributed by atoms with Crippen molar-refractivity contribution in [3.8, 4) is 11.1 Å². The molecule has 0 aliphatic rings. The molecular weight excluding hydrogens is 267 g/mol. The third-order valence-corrected chi connectivity index (χ3v) is 3.04. The number of nitrogens with two attached hydrogens (primary N) is 1. The molecule has 0 radical (unpaired) electrons. The van der Waals surface area contributed by atoms with Gasteiger partial charge in [-0.3, -0.25) is 4.79 Å². The van der Waals surface area contributed by atoms with Crippen molar-refractivity contribution in [1.29, 1.82) is 0 Å². The highest BCUT2D eigenvalue weighted by Gasteiger charge is 2.29. The lowest BCUT2D eigenvalue weighted by atomic mass is 9.99. The molecule has 0 atom stereocenters. The zero-order valence-electron chi connectivity index (χ0n) is 10.7. The molecule has 0 aliphatic heterocycles. The number of hydrogen-bond acceptors (Lipinski definition) is 1. The monoisotopic (exact) mass is 279 g/mol. The Hall–Kier alpha value is -2.30. The quantitative estimate of drug-likeness (QED) is 0.893.